The Bertz CT molecular complexity index is 790. The minimum atomic E-state index is -0.470. The van der Waals surface area contributed by atoms with E-state index in [2.05, 4.69) is 15.9 Å². The van der Waals surface area contributed by atoms with Crippen LogP contribution < -0.4 is 4.74 Å². The van der Waals surface area contributed by atoms with E-state index in [0.29, 0.717) is 12.3 Å². The molecule has 6 heteroatoms. The Hall–Kier alpha value is -2.60. The van der Waals surface area contributed by atoms with Crippen LogP contribution in [0.25, 0.3) is 6.08 Å². The first kappa shape index (κ1) is 19.7. The monoisotopic (exact) mass is 417 g/mol. The molecule has 1 amide bonds. The molecule has 0 radical (unpaired) electrons. The Morgan fingerprint density at radius 2 is 1.85 bits per heavy atom. The van der Waals surface area contributed by atoms with Crippen LogP contribution in [0.1, 0.15) is 11.1 Å². The van der Waals surface area contributed by atoms with E-state index in [-0.39, 0.29) is 12.5 Å². The van der Waals surface area contributed by atoms with E-state index in [1.807, 2.05) is 48.5 Å². The standard InChI is InChI=1S/C20H20BrNO4/c1-25-18-10-9-17(21)12-16(18)8-11-19(23)22(14-20(24)26-2)13-15-6-4-3-5-7-15/h3-12H,13-14H2,1-2H3/b11-8+. The Kier molecular flexibility index (Phi) is 7.41. The molecule has 2 aromatic rings. The second-order valence-electron chi connectivity index (χ2n) is 5.48. The fraction of sp³-hybridized carbons (Fsp3) is 0.200. The van der Waals surface area contributed by atoms with Gasteiger partial charge in [0.15, 0.2) is 0 Å². The molecule has 0 atom stereocenters. The Balaban J connectivity index is 2.20. The second-order valence-corrected chi connectivity index (χ2v) is 6.39. The minimum absolute atomic E-state index is 0.121. The van der Waals surface area contributed by atoms with Crippen molar-refractivity contribution in [2.45, 2.75) is 6.54 Å². The molecule has 26 heavy (non-hydrogen) atoms. The van der Waals surface area contributed by atoms with Crippen LogP contribution in [0.5, 0.6) is 5.75 Å². The summed E-state index contributed by atoms with van der Waals surface area (Å²) < 4.78 is 10.9. The number of methoxy groups -OCH3 is 2. The van der Waals surface area contributed by atoms with Gasteiger partial charge in [-0.05, 0) is 29.8 Å². The molecule has 2 aromatic carbocycles. The molecule has 0 aliphatic carbocycles. The van der Waals surface area contributed by atoms with Crippen molar-refractivity contribution in [1.29, 1.82) is 0 Å². The number of hydrogen-bond donors (Lipinski definition) is 0. The number of carbonyl (C=O) groups excluding carboxylic acids is 2. The number of hydrogen-bond acceptors (Lipinski definition) is 4. The molecule has 0 N–H and O–H groups in total. The van der Waals surface area contributed by atoms with E-state index in [4.69, 9.17) is 9.47 Å². The van der Waals surface area contributed by atoms with Crippen molar-refractivity contribution in [3.05, 3.63) is 70.2 Å². The number of amides is 1. The van der Waals surface area contributed by atoms with Crippen molar-refractivity contribution in [2.75, 3.05) is 20.8 Å². The lowest BCUT2D eigenvalue weighted by atomic mass is 10.1. The molecule has 0 fully saturated rings. The zero-order valence-electron chi connectivity index (χ0n) is 14.6. The first-order valence-corrected chi connectivity index (χ1v) is 8.74. The van der Waals surface area contributed by atoms with E-state index in [1.165, 1.54) is 18.1 Å². The normalized spacial score (nSPS) is 10.6. The minimum Gasteiger partial charge on any atom is -0.496 e. The second kappa shape index (κ2) is 9.77. The Morgan fingerprint density at radius 1 is 1.12 bits per heavy atom. The van der Waals surface area contributed by atoms with Gasteiger partial charge in [0, 0.05) is 22.7 Å². The fourth-order valence-electron chi connectivity index (χ4n) is 2.34. The lowest BCUT2D eigenvalue weighted by Gasteiger charge is -2.20. The molecule has 0 aliphatic rings. The van der Waals surface area contributed by atoms with Crippen LogP contribution in [0.3, 0.4) is 0 Å². The highest BCUT2D eigenvalue weighted by Crippen LogP contribution is 2.24. The van der Waals surface area contributed by atoms with Gasteiger partial charge in [-0.2, -0.15) is 0 Å². The first-order valence-electron chi connectivity index (χ1n) is 7.94. The van der Waals surface area contributed by atoms with Gasteiger partial charge in [-0.15, -0.1) is 0 Å². The number of benzene rings is 2. The van der Waals surface area contributed by atoms with Crippen molar-refractivity contribution in [2.24, 2.45) is 0 Å². The zero-order chi connectivity index (χ0) is 18.9. The van der Waals surface area contributed by atoms with Crippen LogP contribution >= 0.6 is 15.9 Å². The molecule has 0 unspecified atom stereocenters. The number of rotatable bonds is 7. The number of carbonyl (C=O) groups is 2. The number of esters is 1. The average molecular weight is 418 g/mol. The summed E-state index contributed by atoms with van der Waals surface area (Å²) >= 11 is 3.40. The van der Waals surface area contributed by atoms with Gasteiger partial charge in [0.25, 0.3) is 0 Å². The summed E-state index contributed by atoms with van der Waals surface area (Å²) in [6.45, 7) is 0.193. The third-order valence-corrected chi connectivity index (χ3v) is 4.17. The molecular weight excluding hydrogens is 398 g/mol. The van der Waals surface area contributed by atoms with Crippen molar-refractivity contribution >= 4 is 33.9 Å². The third kappa shape index (κ3) is 5.74. The van der Waals surface area contributed by atoms with E-state index in [1.54, 1.807) is 13.2 Å². The summed E-state index contributed by atoms with van der Waals surface area (Å²) in [6.07, 6.45) is 3.09. The van der Waals surface area contributed by atoms with E-state index in [9.17, 15) is 9.59 Å². The van der Waals surface area contributed by atoms with Crippen molar-refractivity contribution in [1.82, 2.24) is 4.90 Å². The van der Waals surface area contributed by atoms with Crippen LogP contribution in [-0.2, 0) is 20.9 Å². The average Bonchev–Trinajstić information content (AvgIpc) is 2.66. The van der Waals surface area contributed by atoms with Gasteiger partial charge in [-0.1, -0.05) is 46.3 Å². The smallest absolute Gasteiger partial charge is 0.325 e. The fourth-order valence-corrected chi connectivity index (χ4v) is 2.72. The predicted octanol–water partition coefficient (Wildman–Crippen LogP) is 3.67. The molecule has 0 aromatic heterocycles. The van der Waals surface area contributed by atoms with Crippen molar-refractivity contribution < 1.29 is 19.1 Å². The summed E-state index contributed by atoms with van der Waals surface area (Å²) in [4.78, 5) is 25.7. The molecule has 2 rings (SSSR count). The predicted molar refractivity (Wildman–Crippen MR) is 104 cm³/mol. The van der Waals surface area contributed by atoms with E-state index >= 15 is 0 Å². The topological polar surface area (TPSA) is 55.8 Å². The summed E-state index contributed by atoms with van der Waals surface area (Å²) in [6, 6.07) is 15.0. The van der Waals surface area contributed by atoms with Crippen molar-refractivity contribution in [3.63, 3.8) is 0 Å². The highest BCUT2D eigenvalue weighted by molar-refractivity contribution is 9.10. The summed E-state index contributed by atoms with van der Waals surface area (Å²) in [5, 5.41) is 0. The van der Waals surface area contributed by atoms with Gasteiger partial charge in [-0.25, -0.2) is 0 Å². The lowest BCUT2D eigenvalue weighted by molar-refractivity contribution is -0.145. The van der Waals surface area contributed by atoms with Gasteiger partial charge >= 0.3 is 5.97 Å². The maximum absolute atomic E-state index is 12.6. The van der Waals surface area contributed by atoms with Crippen LogP contribution in [-0.4, -0.2) is 37.5 Å². The van der Waals surface area contributed by atoms with E-state index in [0.717, 1.165) is 15.6 Å². The molecule has 136 valence electrons. The quantitative estimate of drug-likeness (QED) is 0.509. The molecule has 0 heterocycles. The summed E-state index contributed by atoms with van der Waals surface area (Å²) in [5.74, 6) is -0.108. The maximum atomic E-state index is 12.6. The Morgan fingerprint density at radius 3 is 2.50 bits per heavy atom. The van der Waals surface area contributed by atoms with Gasteiger partial charge in [0.05, 0.1) is 14.2 Å². The molecule has 0 bridgehead atoms. The van der Waals surface area contributed by atoms with Crippen LogP contribution in [0, 0.1) is 0 Å². The number of ether oxygens (including phenoxy) is 2. The first-order chi connectivity index (χ1) is 12.5. The zero-order valence-corrected chi connectivity index (χ0v) is 16.2. The van der Waals surface area contributed by atoms with Gasteiger partial charge in [0.1, 0.15) is 12.3 Å². The summed E-state index contributed by atoms with van der Waals surface area (Å²) in [5.41, 5.74) is 1.69. The van der Waals surface area contributed by atoms with Crippen LogP contribution in [0.2, 0.25) is 0 Å². The lowest BCUT2D eigenvalue weighted by Crippen LogP contribution is -2.34. The largest absolute Gasteiger partial charge is 0.496 e. The highest BCUT2D eigenvalue weighted by atomic mass is 79.9. The SMILES string of the molecule is COC(=O)CN(Cc1ccccc1)C(=O)/C=C/c1cc(Br)ccc1OC. The van der Waals surface area contributed by atoms with Crippen molar-refractivity contribution in [3.8, 4) is 5.75 Å². The third-order valence-electron chi connectivity index (χ3n) is 3.67. The summed E-state index contributed by atoms with van der Waals surface area (Å²) in [7, 11) is 2.87. The van der Waals surface area contributed by atoms with Gasteiger partial charge in [-0.3, -0.25) is 9.59 Å². The van der Waals surface area contributed by atoms with Crippen LogP contribution in [0.4, 0.5) is 0 Å². The molecule has 0 saturated heterocycles. The number of nitrogens with zero attached hydrogens (tertiary/aromatic N) is 1. The molecular formula is C20H20BrNO4. The van der Waals surface area contributed by atoms with Gasteiger partial charge in [0.2, 0.25) is 5.91 Å². The Labute approximate surface area is 161 Å². The number of halogens is 1. The van der Waals surface area contributed by atoms with Gasteiger partial charge < -0.3 is 14.4 Å². The molecule has 0 aliphatic heterocycles. The molecule has 5 nitrogen and oxygen atoms in total. The van der Waals surface area contributed by atoms with E-state index < -0.39 is 5.97 Å². The van der Waals surface area contributed by atoms with Crippen LogP contribution in [0.15, 0.2) is 59.1 Å². The highest BCUT2D eigenvalue weighted by Gasteiger charge is 2.16. The molecule has 0 saturated carbocycles. The maximum Gasteiger partial charge on any atom is 0.325 e. The molecule has 0 spiro atoms.